The number of pyridine rings is 1. The van der Waals surface area contributed by atoms with Crippen LogP contribution < -0.4 is 26.6 Å². The molecule has 3 atom stereocenters. The Balaban J connectivity index is 0.000000654. The number of anilines is 1. The van der Waals surface area contributed by atoms with Gasteiger partial charge in [0.1, 0.15) is 24.7 Å². The number of nitrogens with one attached hydrogen (secondary N) is 3. The molecule has 474 valence electrons. The van der Waals surface area contributed by atoms with Crippen molar-refractivity contribution in [3.63, 3.8) is 0 Å². The fourth-order valence-electron chi connectivity index (χ4n) is 8.39. The summed E-state index contributed by atoms with van der Waals surface area (Å²) in [5.41, 5.74) is 3.53. The van der Waals surface area contributed by atoms with E-state index >= 15 is 0 Å². The summed E-state index contributed by atoms with van der Waals surface area (Å²) in [5, 5.41) is 16.6. The molecule has 1 aromatic heterocycles. The highest BCUT2D eigenvalue weighted by Crippen LogP contribution is 2.24. The lowest BCUT2D eigenvalue weighted by Gasteiger charge is -2.36. The summed E-state index contributed by atoms with van der Waals surface area (Å²) < 4.78 is 37.3. The lowest BCUT2D eigenvalue weighted by Crippen LogP contribution is -2.70. The van der Waals surface area contributed by atoms with Gasteiger partial charge in [0, 0.05) is 57.3 Å². The van der Waals surface area contributed by atoms with E-state index in [0.29, 0.717) is 64.6 Å². The van der Waals surface area contributed by atoms with Gasteiger partial charge in [-0.1, -0.05) is 74.8 Å². The second-order valence-corrected chi connectivity index (χ2v) is 23.2. The number of aliphatic imine (C=N–C) groups is 2. The average Bonchev–Trinajstić information content (AvgIpc) is 3.45. The normalized spacial score (nSPS) is 14.8. The number of hydrogen-bond acceptors (Lipinski definition) is 16. The minimum atomic E-state index is -1.11. The molecule has 0 unspecified atom stereocenters. The van der Waals surface area contributed by atoms with Gasteiger partial charge >= 0.3 is 11.9 Å². The number of aliphatic carboxylic acids is 1. The molecule has 2 aromatic rings. The largest absolute Gasteiger partial charge is 0.480 e. The Morgan fingerprint density at radius 1 is 0.750 bits per heavy atom. The van der Waals surface area contributed by atoms with Crippen LogP contribution in [0.3, 0.4) is 0 Å². The first kappa shape index (κ1) is 76.2. The Bertz CT molecular complexity index is 2190. The number of amides is 3. The van der Waals surface area contributed by atoms with E-state index in [9.17, 15) is 24.0 Å². The number of carbonyl (C=O) groups is 5. The standard InChI is InChI=1S/C30H46N4O6.C13H22N2.C13H26O7.C7H10N2/c1-10-16-32-25(36)21(17-20-14-12-11-13-15-20)30(8,9)34-27(38)23(19-39-28(2,3)4)33-26(37)22(31)18-24(35)40-29(5,6)7;1-3-7-12(8-4-1)14-11-15-13-9-5-2-6-10-13;1-3-19-13(20-4-2)5-6-16-7-8-17-9-10-18-11-12(14)15;1-9(2)7-3-5-8-6-4-7/h1,11-15,21-23H,16-19,31H2,2-9H3,(H,32,36)(H,33,37)(H,34,38);12-13H,1-10H2;13H,3-11H2,1-2H3,(H,14,15);3-6H,1-2H3/p+1/t21-,22-,23-;;;/m0.../s1. The van der Waals surface area contributed by atoms with E-state index < -0.39 is 58.5 Å². The van der Waals surface area contributed by atoms with Crippen molar-refractivity contribution in [3.8, 4) is 12.3 Å². The van der Waals surface area contributed by atoms with Crippen molar-refractivity contribution >= 4 is 41.4 Å². The molecule has 1 heterocycles. The molecule has 3 amide bonds. The third-order valence-electron chi connectivity index (χ3n) is 12.8. The summed E-state index contributed by atoms with van der Waals surface area (Å²) >= 11 is 0. The second kappa shape index (κ2) is 43.8. The van der Waals surface area contributed by atoms with Gasteiger partial charge in [-0.15, -0.1) is 6.42 Å². The number of benzene rings is 1. The van der Waals surface area contributed by atoms with Gasteiger partial charge in [-0.25, -0.2) is 14.8 Å². The van der Waals surface area contributed by atoms with Crippen LogP contribution in [-0.4, -0.2) is 173 Å². The Hall–Kier alpha value is -5.82. The van der Waals surface area contributed by atoms with Crippen LogP contribution in [0.15, 0.2) is 64.8 Å². The molecular formula is C63H105N8O13+. The summed E-state index contributed by atoms with van der Waals surface area (Å²) in [6.45, 7) is 20.9. The van der Waals surface area contributed by atoms with Gasteiger partial charge in [0.25, 0.3) is 5.91 Å². The van der Waals surface area contributed by atoms with Crippen LogP contribution in [-0.2, 0) is 63.6 Å². The molecule has 7 N–H and O–H groups in total. The van der Waals surface area contributed by atoms with E-state index in [1.54, 1.807) is 47.0 Å². The van der Waals surface area contributed by atoms with Crippen LogP contribution in [0.1, 0.15) is 152 Å². The Morgan fingerprint density at radius 2 is 1.29 bits per heavy atom. The number of ether oxygens (including phenoxy) is 7. The van der Waals surface area contributed by atoms with Gasteiger partial charge in [-0.3, -0.25) is 24.2 Å². The Labute approximate surface area is 502 Å². The molecule has 0 spiro atoms. The molecule has 0 saturated heterocycles. The molecule has 0 aliphatic heterocycles. The second-order valence-electron chi connectivity index (χ2n) is 23.2. The third-order valence-corrected chi connectivity index (χ3v) is 12.8. The molecule has 1 aromatic carbocycles. The zero-order valence-electron chi connectivity index (χ0n) is 52.8. The molecule has 2 saturated carbocycles. The zero-order chi connectivity index (χ0) is 62.8. The topological polar surface area (TPSA) is 275 Å². The van der Waals surface area contributed by atoms with E-state index in [2.05, 4.69) is 48.6 Å². The van der Waals surface area contributed by atoms with Crippen LogP contribution >= 0.6 is 0 Å². The zero-order valence-corrected chi connectivity index (χ0v) is 52.8. The van der Waals surface area contributed by atoms with E-state index in [-0.39, 0.29) is 45.0 Å². The maximum Gasteiger partial charge on any atom is 0.329 e. The SMILES string of the molecule is C#CCNC(=O)[C@H](Cc1ccccc1)C(C)(C)NC(=O)[C@H](COC(C)(C)C)NC(=O)[C@@H]([NH3+])CC(=O)OC(C)(C)C.C(=NC1CCCCC1)=NC1CCCCC1.CCOC(CCOCCOCCOCC(=O)O)OCC.CN(C)c1ccncc1. The molecule has 84 heavy (non-hydrogen) atoms. The predicted octanol–water partition coefficient (Wildman–Crippen LogP) is 7.02. The van der Waals surface area contributed by atoms with Crippen molar-refractivity contribution in [2.24, 2.45) is 15.9 Å². The molecule has 2 fully saturated rings. The number of carbonyl (C=O) groups excluding carboxylic acids is 4. The summed E-state index contributed by atoms with van der Waals surface area (Å²) in [6, 6.07) is 15.3. The minimum Gasteiger partial charge on any atom is -0.480 e. The van der Waals surface area contributed by atoms with Gasteiger partial charge in [-0.2, -0.15) is 0 Å². The first-order valence-corrected chi connectivity index (χ1v) is 29.8. The van der Waals surface area contributed by atoms with Crippen LogP contribution in [0.2, 0.25) is 0 Å². The predicted molar refractivity (Wildman–Crippen MR) is 326 cm³/mol. The van der Waals surface area contributed by atoms with Gasteiger partial charge in [0.15, 0.2) is 12.3 Å². The number of carboxylic acids is 1. The highest BCUT2D eigenvalue weighted by molar-refractivity contribution is 5.92. The number of nitrogens with zero attached hydrogens (tertiary/aromatic N) is 4. The number of aromatic nitrogens is 1. The Morgan fingerprint density at radius 3 is 1.76 bits per heavy atom. The van der Waals surface area contributed by atoms with Gasteiger partial charge < -0.3 is 64.8 Å². The number of terminal acetylenes is 1. The van der Waals surface area contributed by atoms with Crippen molar-refractivity contribution in [2.45, 2.75) is 200 Å². The van der Waals surface area contributed by atoms with Crippen LogP contribution in [0.4, 0.5) is 5.69 Å². The average molecular weight is 1180 g/mol. The molecule has 4 rings (SSSR count). The monoisotopic (exact) mass is 1180 g/mol. The molecule has 21 nitrogen and oxygen atoms in total. The lowest BCUT2D eigenvalue weighted by molar-refractivity contribution is -0.403. The fraction of sp³-hybridized carbons (Fsp3) is 0.698. The number of hydrogen-bond donors (Lipinski definition) is 5. The van der Waals surface area contributed by atoms with Crippen molar-refractivity contribution in [1.82, 2.24) is 20.9 Å². The van der Waals surface area contributed by atoms with Crippen molar-refractivity contribution in [3.05, 3.63) is 60.4 Å². The molecule has 0 bridgehead atoms. The number of esters is 1. The number of carboxylic acid groups (broad SMARTS) is 1. The first-order valence-electron chi connectivity index (χ1n) is 29.8. The lowest BCUT2D eigenvalue weighted by atomic mass is 9.81. The smallest absolute Gasteiger partial charge is 0.329 e. The summed E-state index contributed by atoms with van der Waals surface area (Å²) in [7, 11) is 4.02. The van der Waals surface area contributed by atoms with Crippen LogP contribution in [0.25, 0.3) is 0 Å². The minimum absolute atomic E-state index is 0.0504. The van der Waals surface area contributed by atoms with Gasteiger partial charge in [0.2, 0.25) is 11.8 Å². The van der Waals surface area contributed by atoms with E-state index in [1.807, 2.05) is 96.1 Å². The summed E-state index contributed by atoms with van der Waals surface area (Å²) in [6.07, 6.45) is 22.7. The van der Waals surface area contributed by atoms with Crippen LogP contribution in [0, 0.1) is 18.3 Å². The first-order chi connectivity index (χ1) is 39.8. The number of rotatable bonds is 31. The van der Waals surface area contributed by atoms with Crippen molar-refractivity contribution in [2.75, 3.05) is 85.0 Å². The van der Waals surface area contributed by atoms with Crippen LogP contribution in [0.5, 0.6) is 0 Å². The molecule has 0 radical (unpaired) electrons. The van der Waals surface area contributed by atoms with Gasteiger partial charge in [-0.05, 0) is 119 Å². The van der Waals surface area contributed by atoms with Gasteiger partial charge in [0.05, 0.1) is 75.8 Å². The molecular weight excluding hydrogens is 1080 g/mol. The molecule has 2 aliphatic rings. The van der Waals surface area contributed by atoms with E-state index in [4.69, 9.17) is 44.7 Å². The third kappa shape index (κ3) is 38.9. The summed E-state index contributed by atoms with van der Waals surface area (Å²) in [5.74, 6) is -1.30. The highest BCUT2D eigenvalue weighted by Gasteiger charge is 2.39. The Kier molecular flexibility index (Phi) is 39.7. The fourth-order valence-corrected chi connectivity index (χ4v) is 8.39. The highest BCUT2D eigenvalue weighted by atomic mass is 16.7. The van der Waals surface area contributed by atoms with Crippen molar-refractivity contribution < 1.29 is 68.0 Å². The number of quaternary nitrogens is 1. The van der Waals surface area contributed by atoms with E-state index in [1.165, 1.54) is 69.9 Å². The summed E-state index contributed by atoms with van der Waals surface area (Å²) in [4.78, 5) is 76.9. The van der Waals surface area contributed by atoms with Crippen molar-refractivity contribution in [1.29, 1.82) is 0 Å². The molecule has 21 heteroatoms. The maximum absolute atomic E-state index is 13.6. The van der Waals surface area contributed by atoms with E-state index in [0.717, 1.165) is 5.56 Å². The maximum atomic E-state index is 13.6. The quantitative estimate of drug-likeness (QED) is 0.0167. The molecule has 2 aliphatic carbocycles.